The van der Waals surface area contributed by atoms with Crippen LogP contribution < -0.4 is 0 Å². The van der Waals surface area contributed by atoms with Crippen LogP contribution in [0.4, 0.5) is 0 Å². The van der Waals surface area contributed by atoms with E-state index in [1.807, 2.05) is 37.3 Å². The number of fused-ring (bicyclic) bond motifs is 6. The maximum Gasteiger partial charge on any atom is 0.268 e. The van der Waals surface area contributed by atoms with Crippen LogP contribution in [0.3, 0.4) is 0 Å². The highest BCUT2D eigenvalue weighted by Crippen LogP contribution is 2.53. The summed E-state index contributed by atoms with van der Waals surface area (Å²) in [6, 6.07) is 15.1. The Morgan fingerprint density at radius 1 is 1.09 bits per heavy atom. The molecule has 0 saturated carbocycles. The fraction of sp³-hybridized carbons (Fsp3) is 0.429. The van der Waals surface area contributed by atoms with Crippen molar-refractivity contribution >= 4 is 29.2 Å². The first kappa shape index (κ1) is 23.6. The Kier molecular flexibility index (Phi) is 5.32. The highest BCUT2D eigenvalue weighted by Gasteiger charge is 2.47. The normalized spacial score (nSPS) is 22.4. The van der Waals surface area contributed by atoms with Crippen molar-refractivity contribution in [2.24, 2.45) is 5.41 Å². The van der Waals surface area contributed by atoms with Crippen molar-refractivity contribution in [2.45, 2.75) is 69.5 Å². The number of allylic oxidation sites excluding steroid dienone is 1. The van der Waals surface area contributed by atoms with E-state index in [2.05, 4.69) is 52.1 Å². The third-order valence-corrected chi connectivity index (χ3v) is 14.5. The van der Waals surface area contributed by atoms with E-state index in [1.165, 1.54) is 5.56 Å². The topological polar surface area (TPSA) is 48.3 Å². The summed E-state index contributed by atoms with van der Waals surface area (Å²) in [5.74, 6) is 0.214. The fourth-order valence-electron chi connectivity index (χ4n) is 5.22. The molecule has 2 aromatic carbocycles. The Bertz CT molecular complexity index is 1390. The minimum atomic E-state index is -3.74. The van der Waals surface area contributed by atoms with E-state index >= 15 is 0 Å². The summed E-state index contributed by atoms with van der Waals surface area (Å²) in [6.07, 6.45) is 6.25. The highest BCUT2D eigenvalue weighted by atomic mass is 32.2. The van der Waals surface area contributed by atoms with Crippen molar-refractivity contribution in [3.05, 3.63) is 77.5 Å². The molecule has 1 aromatic heterocycles. The first-order chi connectivity index (χ1) is 15.8. The van der Waals surface area contributed by atoms with Gasteiger partial charge < -0.3 is 4.43 Å². The van der Waals surface area contributed by atoms with E-state index in [-0.39, 0.29) is 16.4 Å². The lowest BCUT2D eigenvalue weighted by Gasteiger charge is -2.41. The summed E-state index contributed by atoms with van der Waals surface area (Å²) < 4.78 is 36.3. The lowest BCUT2D eigenvalue weighted by molar-refractivity contribution is 0.161. The van der Waals surface area contributed by atoms with E-state index in [0.717, 1.165) is 28.6 Å². The molecule has 5 rings (SSSR count). The number of rotatable bonds is 5. The molecule has 0 aliphatic heterocycles. The molecule has 0 N–H and O–H groups in total. The smallest absolute Gasteiger partial charge is 0.268 e. The molecule has 2 atom stereocenters. The molecule has 2 bridgehead atoms. The van der Waals surface area contributed by atoms with Gasteiger partial charge in [0.15, 0.2) is 8.32 Å². The third kappa shape index (κ3) is 3.62. The quantitative estimate of drug-likeness (QED) is 0.290. The zero-order chi connectivity index (χ0) is 24.5. The van der Waals surface area contributed by atoms with E-state index in [4.69, 9.17) is 4.43 Å². The van der Waals surface area contributed by atoms with Crippen molar-refractivity contribution in [1.29, 1.82) is 0 Å². The van der Waals surface area contributed by atoms with Crippen LogP contribution in [-0.2, 0) is 20.9 Å². The number of benzene rings is 2. The van der Waals surface area contributed by atoms with E-state index < -0.39 is 18.3 Å². The first-order valence-corrected chi connectivity index (χ1v) is 16.5. The number of aryl methyl sites for hydroxylation is 1. The van der Waals surface area contributed by atoms with Crippen LogP contribution in [0, 0.1) is 12.3 Å². The summed E-state index contributed by atoms with van der Waals surface area (Å²) in [4.78, 5) is 0.333. The molecule has 34 heavy (non-hydrogen) atoms. The van der Waals surface area contributed by atoms with Crippen LogP contribution in [-0.4, -0.2) is 27.3 Å². The average Bonchev–Trinajstić information content (AvgIpc) is 3.28. The molecule has 0 saturated heterocycles. The van der Waals surface area contributed by atoms with Gasteiger partial charge in [-0.2, -0.15) is 0 Å². The van der Waals surface area contributed by atoms with Crippen molar-refractivity contribution in [3.63, 3.8) is 0 Å². The van der Waals surface area contributed by atoms with Crippen LogP contribution in [0.5, 0.6) is 0 Å². The third-order valence-electron chi connectivity index (χ3n) is 8.25. The zero-order valence-electron chi connectivity index (χ0n) is 21.1. The Labute approximate surface area is 204 Å². The van der Waals surface area contributed by atoms with Gasteiger partial charge in [0.2, 0.25) is 0 Å². The van der Waals surface area contributed by atoms with Gasteiger partial charge in [-0.3, -0.25) is 0 Å². The fourth-order valence-corrected chi connectivity index (χ4v) is 7.86. The number of hydrogen-bond donors (Lipinski definition) is 0. The second kappa shape index (κ2) is 7.67. The molecular formula is C28H35NO3SSi. The molecule has 0 spiro atoms. The standard InChI is InChI=1S/C28H35NO3SSi/c1-20-11-13-22(14-12-20)33(30,31)29-24-10-8-7-9-23(24)26-21-15-16-28(17-21,18-25(26)29)19-32-34(5,6)27(2,3)4/h7-16,21H,17-19H2,1-6H3/t21-,28-/m1/s1. The largest absolute Gasteiger partial charge is 0.416 e. The molecule has 2 aliphatic rings. The highest BCUT2D eigenvalue weighted by molar-refractivity contribution is 7.90. The van der Waals surface area contributed by atoms with E-state index in [0.29, 0.717) is 17.9 Å². The van der Waals surface area contributed by atoms with Crippen molar-refractivity contribution in [3.8, 4) is 0 Å². The van der Waals surface area contributed by atoms with E-state index in [1.54, 1.807) is 16.1 Å². The Morgan fingerprint density at radius 2 is 1.76 bits per heavy atom. The van der Waals surface area contributed by atoms with Crippen LogP contribution in [0.2, 0.25) is 18.1 Å². The Balaban J connectivity index is 1.63. The lowest BCUT2D eigenvalue weighted by atomic mass is 9.74. The second-order valence-corrected chi connectivity index (χ2v) is 18.3. The van der Waals surface area contributed by atoms with Gasteiger partial charge in [0.25, 0.3) is 10.0 Å². The van der Waals surface area contributed by atoms with Crippen molar-refractivity contribution in [2.75, 3.05) is 6.61 Å². The van der Waals surface area contributed by atoms with E-state index in [9.17, 15) is 8.42 Å². The molecule has 180 valence electrons. The SMILES string of the molecule is Cc1ccc(S(=O)(=O)n2c3c(c4ccccc42)[C@@H]2C=C[C@](CO[Si](C)(C)C(C)(C)C)(C3)C2)cc1. The monoisotopic (exact) mass is 493 g/mol. The van der Waals surface area contributed by atoms with Crippen LogP contribution in [0.25, 0.3) is 10.9 Å². The van der Waals surface area contributed by atoms with Gasteiger partial charge in [0, 0.05) is 35.4 Å². The van der Waals surface area contributed by atoms with Gasteiger partial charge in [-0.05, 0) is 55.2 Å². The Hall–Kier alpha value is -2.15. The molecule has 6 heteroatoms. The van der Waals surface area contributed by atoms with Crippen LogP contribution >= 0.6 is 0 Å². The predicted octanol–water partition coefficient (Wildman–Crippen LogP) is 6.79. The molecule has 4 nitrogen and oxygen atoms in total. The molecule has 1 heterocycles. The number of hydrogen-bond acceptors (Lipinski definition) is 3. The number of nitrogens with zero attached hydrogens (tertiary/aromatic N) is 1. The van der Waals surface area contributed by atoms with Gasteiger partial charge in [0.05, 0.1) is 10.4 Å². The minimum Gasteiger partial charge on any atom is -0.416 e. The summed E-state index contributed by atoms with van der Waals surface area (Å²) >= 11 is 0. The molecule has 0 amide bonds. The number of aromatic nitrogens is 1. The summed E-state index contributed by atoms with van der Waals surface area (Å²) in [5.41, 5.74) is 3.74. The van der Waals surface area contributed by atoms with Gasteiger partial charge >= 0.3 is 0 Å². The first-order valence-electron chi connectivity index (χ1n) is 12.1. The van der Waals surface area contributed by atoms with Crippen molar-refractivity contribution < 1.29 is 12.8 Å². The predicted molar refractivity (Wildman–Crippen MR) is 141 cm³/mol. The molecule has 0 radical (unpaired) electrons. The minimum absolute atomic E-state index is 0.134. The van der Waals surface area contributed by atoms with Gasteiger partial charge in [-0.15, -0.1) is 0 Å². The zero-order valence-corrected chi connectivity index (χ0v) is 22.9. The molecule has 2 aliphatic carbocycles. The summed E-state index contributed by atoms with van der Waals surface area (Å²) in [5, 5.41) is 1.18. The average molecular weight is 494 g/mol. The summed E-state index contributed by atoms with van der Waals surface area (Å²) in [6.45, 7) is 14.0. The number of para-hydroxylation sites is 1. The maximum atomic E-state index is 14.0. The van der Waals surface area contributed by atoms with Gasteiger partial charge in [0.1, 0.15) is 0 Å². The van der Waals surface area contributed by atoms with Crippen LogP contribution in [0.1, 0.15) is 49.9 Å². The Morgan fingerprint density at radius 3 is 2.44 bits per heavy atom. The maximum absolute atomic E-state index is 14.0. The summed E-state index contributed by atoms with van der Waals surface area (Å²) in [7, 11) is -5.66. The molecular weight excluding hydrogens is 458 g/mol. The second-order valence-electron chi connectivity index (χ2n) is 11.7. The lowest BCUT2D eigenvalue weighted by Crippen LogP contribution is -2.44. The van der Waals surface area contributed by atoms with Gasteiger partial charge in [-0.25, -0.2) is 12.4 Å². The van der Waals surface area contributed by atoms with Gasteiger partial charge in [-0.1, -0.05) is 68.8 Å². The molecule has 3 aromatic rings. The van der Waals surface area contributed by atoms with Crippen LogP contribution in [0.15, 0.2) is 65.6 Å². The molecule has 0 fully saturated rings. The van der Waals surface area contributed by atoms with Crippen molar-refractivity contribution in [1.82, 2.24) is 3.97 Å². The molecule has 0 unspecified atom stereocenters.